The van der Waals surface area contributed by atoms with Crippen LogP contribution in [0.3, 0.4) is 0 Å². The summed E-state index contributed by atoms with van der Waals surface area (Å²) in [6.07, 6.45) is -0.351. The fraction of sp³-hybridized carbons (Fsp3) is 0.389. The van der Waals surface area contributed by atoms with Crippen molar-refractivity contribution in [2.24, 2.45) is 5.84 Å². The molecule has 0 fully saturated rings. The van der Waals surface area contributed by atoms with Crippen LogP contribution in [0.1, 0.15) is 37.4 Å². The van der Waals surface area contributed by atoms with Gasteiger partial charge in [0.1, 0.15) is 16.6 Å². The maximum atomic E-state index is 12.7. The van der Waals surface area contributed by atoms with Crippen molar-refractivity contribution in [1.82, 2.24) is 9.73 Å². The molecule has 2 aromatic rings. The van der Waals surface area contributed by atoms with Gasteiger partial charge in [0.25, 0.3) is 5.09 Å². The Kier molecular flexibility index (Phi) is 7.61. The summed E-state index contributed by atoms with van der Waals surface area (Å²) < 4.78 is 34.0. The third-order valence-corrected chi connectivity index (χ3v) is 9.65. The van der Waals surface area contributed by atoms with Gasteiger partial charge in [-0.3, -0.25) is 10.6 Å². The van der Waals surface area contributed by atoms with Gasteiger partial charge in [0.2, 0.25) is 0 Å². The standard InChI is InChI=1S/C18H22N4O7S3/c1-3-21(19)15-8-11(2)32(26,27)17-14(15)9-16(30-17)31-20-18(23)29-13-6-4-12(5-7-13)10-28-22(24)25/h4-7,9,11,15H,3,8,10,19H2,1-2H3,(H,20,23). The van der Waals surface area contributed by atoms with Gasteiger partial charge in [-0.15, -0.1) is 21.5 Å². The zero-order valence-electron chi connectivity index (χ0n) is 17.2. The number of hydrazine groups is 1. The van der Waals surface area contributed by atoms with E-state index in [0.717, 1.165) is 23.3 Å². The van der Waals surface area contributed by atoms with Crippen LogP contribution in [0.5, 0.6) is 5.75 Å². The van der Waals surface area contributed by atoms with Crippen molar-refractivity contribution < 1.29 is 27.9 Å². The van der Waals surface area contributed by atoms with Crippen molar-refractivity contribution in [2.75, 3.05) is 6.54 Å². The second-order valence-corrected chi connectivity index (χ2v) is 11.7. The van der Waals surface area contributed by atoms with Crippen LogP contribution in [-0.2, 0) is 21.3 Å². The molecule has 32 heavy (non-hydrogen) atoms. The molecule has 174 valence electrons. The van der Waals surface area contributed by atoms with Gasteiger partial charge in [0.05, 0.1) is 15.5 Å². The van der Waals surface area contributed by atoms with Crippen molar-refractivity contribution in [3.63, 3.8) is 0 Å². The summed E-state index contributed by atoms with van der Waals surface area (Å²) in [7, 11) is -3.45. The Morgan fingerprint density at radius 1 is 1.41 bits per heavy atom. The minimum Gasteiger partial charge on any atom is -0.410 e. The molecule has 1 aliphatic heterocycles. The van der Waals surface area contributed by atoms with E-state index in [4.69, 9.17) is 10.6 Å². The van der Waals surface area contributed by atoms with Crippen LogP contribution >= 0.6 is 23.3 Å². The molecule has 0 saturated heterocycles. The highest BCUT2D eigenvalue weighted by molar-refractivity contribution is 8.00. The number of hydrogen-bond donors (Lipinski definition) is 2. The average molecular weight is 503 g/mol. The van der Waals surface area contributed by atoms with Gasteiger partial charge in [-0.1, -0.05) is 19.1 Å². The molecule has 2 unspecified atom stereocenters. The number of rotatable bonds is 8. The van der Waals surface area contributed by atoms with E-state index in [9.17, 15) is 23.3 Å². The predicted molar refractivity (Wildman–Crippen MR) is 118 cm³/mol. The van der Waals surface area contributed by atoms with Crippen LogP contribution < -0.4 is 15.3 Å². The smallest absolute Gasteiger partial charge is 0.410 e. The summed E-state index contributed by atoms with van der Waals surface area (Å²) in [5, 5.41) is 10.4. The first-order valence-corrected chi connectivity index (χ1v) is 12.7. The molecule has 0 radical (unpaired) electrons. The van der Waals surface area contributed by atoms with Crippen LogP contribution in [0.25, 0.3) is 0 Å². The third kappa shape index (κ3) is 5.50. The maximum Gasteiger partial charge on any atom is 0.422 e. The minimum atomic E-state index is -3.45. The molecule has 11 nitrogen and oxygen atoms in total. The number of carbonyl (C=O) groups excluding carboxylic acids is 1. The molecule has 2 atom stereocenters. The van der Waals surface area contributed by atoms with Crippen molar-refractivity contribution in [2.45, 2.75) is 46.6 Å². The Hall–Kier alpha value is -2.39. The lowest BCUT2D eigenvalue weighted by molar-refractivity contribution is -0.763. The number of ether oxygens (including phenoxy) is 1. The molecule has 14 heteroatoms. The first-order valence-electron chi connectivity index (χ1n) is 9.51. The number of nitrogens with zero attached hydrogens (tertiary/aromatic N) is 2. The molecule has 1 aromatic heterocycles. The van der Waals surface area contributed by atoms with Gasteiger partial charge >= 0.3 is 6.09 Å². The lowest BCUT2D eigenvalue weighted by Gasteiger charge is -2.32. The number of nitrogens with one attached hydrogen (secondary N) is 1. The monoisotopic (exact) mass is 502 g/mol. The first-order chi connectivity index (χ1) is 15.1. The van der Waals surface area contributed by atoms with E-state index < -0.39 is 26.3 Å². The fourth-order valence-corrected chi connectivity index (χ4v) is 7.50. The molecule has 0 saturated carbocycles. The molecule has 2 heterocycles. The van der Waals surface area contributed by atoms with E-state index >= 15 is 0 Å². The molecule has 1 aliphatic rings. The first kappa shape index (κ1) is 24.3. The number of nitrogens with two attached hydrogens (primary N) is 1. The maximum absolute atomic E-state index is 12.7. The highest BCUT2D eigenvalue weighted by Crippen LogP contribution is 2.45. The Bertz CT molecular complexity index is 1090. The molecular weight excluding hydrogens is 480 g/mol. The largest absolute Gasteiger partial charge is 0.422 e. The van der Waals surface area contributed by atoms with Gasteiger partial charge in [0, 0.05) is 24.1 Å². The SMILES string of the molecule is CCN(N)C1CC(C)S(=O)(=O)c2sc(SNC(=O)Oc3ccc(CO[N+](=O)[O-])cc3)cc21. The molecule has 0 bridgehead atoms. The number of amides is 1. The molecule has 1 amide bonds. The normalized spacial score (nSPS) is 19.2. The lowest BCUT2D eigenvalue weighted by Crippen LogP contribution is -2.40. The number of carbonyl (C=O) groups is 1. The Morgan fingerprint density at radius 2 is 2.09 bits per heavy atom. The van der Waals surface area contributed by atoms with Crippen LogP contribution in [0, 0.1) is 10.1 Å². The van der Waals surface area contributed by atoms with Crippen molar-refractivity contribution in [3.8, 4) is 5.75 Å². The van der Waals surface area contributed by atoms with Gasteiger partial charge < -0.3 is 9.57 Å². The van der Waals surface area contributed by atoms with E-state index in [1.807, 2.05) is 6.92 Å². The highest BCUT2D eigenvalue weighted by Gasteiger charge is 2.40. The summed E-state index contributed by atoms with van der Waals surface area (Å²) >= 11 is 2.04. The molecule has 1 aromatic carbocycles. The summed E-state index contributed by atoms with van der Waals surface area (Å²) in [5.74, 6) is 6.31. The Morgan fingerprint density at radius 3 is 2.72 bits per heavy atom. The Balaban J connectivity index is 1.64. The predicted octanol–water partition coefficient (Wildman–Crippen LogP) is 3.05. The second-order valence-electron chi connectivity index (χ2n) is 6.98. The molecule has 3 N–H and O–H groups in total. The molecular formula is C18H22N4O7S3. The van der Waals surface area contributed by atoms with Crippen molar-refractivity contribution >= 4 is 39.2 Å². The van der Waals surface area contributed by atoms with E-state index in [1.165, 1.54) is 24.3 Å². The van der Waals surface area contributed by atoms with Gasteiger partial charge in [-0.2, -0.15) is 0 Å². The summed E-state index contributed by atoms with van der Waals surface area (Å²) in [6, 6.07) is 7.54. The number of benzene rings is 1. The molecule has 3 rings (SSSR count). The van der Waals surface area contributed by atoms with E-state index in [-0.39, 0.29) is 22.6 Å². The molecule has 0 spiro atoms. The zero-order valence-corrected chi connectivity index (χ0v) is 19.7. The van der Waals surface area contributed by atoms with Crippen LogP contribution in [0.4, 0.5) is 4.79 Å². The van der Waals surface area contributed by atoms with Crippen molar-refractivity contribution in [1.29, 1.82) is 0 Å². The summed E-state index contributed by atoms with van der Waals surface area (Å²) in [5.41, 5.74) is 1.18. The number of thiophene rings is 1. The van der Waals surface area contributed by atoms with Crippen LogP contribution in [-0.4, -0.2) is 36.4 Å². The lowest BCUT2D eigenvalue weighted by atomic mass is 10.0. The van der Waals surface area contributed by atoms with Gasteiger partial charge in [-0.05, 0) is 37.1 Å². The van der Waals surface area contributed by atoms with E-state index in [0.29, 0.717) is 28.3 Å². The molecule has 0 aliphatic carbocycles. The quantitative estimate of drug-likeness (QED) is 0.238. The Labute approximate surface area is 193 Å². The number of hydrogen-bond acceptors (Lipinski definition) is 11. The topological polar surface area (TPSA) is 154 Å². The summed E-state index contributed by atoms with van der Waals surface area (Å²) in [6.45, 7) is 3.93. The number of fused-ring (bicyclic) bond motifs is 1. The van der Waals surface area contributed by atoms with E-state index in [1.54, 1.807) is 18.0 Å². The highest BCUT2D eigenvalue weighted by atomic mass is 32.2. The fourth-order valence-electron chi connectivity index (χ4n) is 3.16. The summed E-state index contributed by atoms with van der Waals surface area (Å²) in [4.78, 5) is 26.6. The zero-order chi connectivity index (χ0) is 23.5. The number of sulfone groups is 1. The van der Waals surface area contributed by atoms with Crippen molar-refractivity contribution in [3.05, 3.63) is 51.6 Å². The second kappa shape index (κ2) is 10.0. The van der Waals surface area contributed by atoms with Crippen LogP contribution in [0.15, 0.2) is 38.8 Å². The van der Waals surface area contributed by atoms with Gasteiger partial charge in [0.15, 0.2) is 9.84 Å². The third-order valence-electron chi connectivity index (χ3n) is 4.88. The van der Waals surface area contributed by atoms with Gasteiger partial charge in [-0.25, -0.2) is 18.2 Å². The van der Waals surface area contributed by atoms with E-state index in [2.05, 4.69) is 9.56 Å². The minimum absolute atomic E-state index is 0.209. The average Bonchev–Trinajstić information content (AvgIpc) is 3.19. The van der Waals surface area contributed by atoms with Crippen LogP contribution in [0.2, 0.25) is 0 Å².